The number of carbonyl (C=O) groups is 3. The molecule has 0 bridgehead atoms. The van der Waals surface area contributed by atoms with Crippen molar-refractivity contribution in [2.75, 3.05) is 26.4 Å². The first-order chi connectivity index (χ1) is 28.5. The molecule has 0 aliphatic carbocycles. The molecule has 0 radical (unpaired) electrons. The zero-order chi connectivity index (χ0) is 41.8. The summed E-state index contributed by atoms with van der Waals surface area (Å²) in [4.78, 5) is 46.8. The molecule has 6 rings (SSSR count). The predicted molar refractivity (Wildman–Crippen MR) is 234 cm³/mol. The monoisotopic (exact) mass is 797 g/mol. The molecule has 0 spiro atoms. The maximum Gasteiger partial charge on any atom is 0.312 e. The average molecular weight is 798 g/mol. The van der Waals surface area contributed by atoms with Gasteiger partial charge in [-0.2, -0.15) is 0 Å². The highest BCUT2D eigenvalue weighted by molar-refractivity contribution is 6.13. The van der Waals surface area contributed by atoms with E-state index in [1.807, 2.05) is 79.7 Å². The molecule has 0 aliphatic rings. The van der Waals surface area contributed by atoms with E-state index in [1.165, 1.54) is 0 Å². The Hall–Kier alpha value is -5.80. The second kappa shape index (κ2) is 19.8. The summed E-state index contributed by atoms with van der Waals surface area (Å²) in [5.41, 5.74) is -0.237. The Kier molecular flexibility index (Phi) is 14.3. The molecule has 6 aromatic carbocycles. The van der Waals surface area contributed by atoms with E-state index in [0.29, 0.717) is 25.7 Å². The van der Waals surface area contributed by atoms with Crippen LogP contribution < -0.4 is 0 Å². The van der Waals surface area contributed by atoms with Gasteiger partial charge in [-0.05, 0) is 108 Å². The molecule has 0 saturated heterocycles. The molecule has 6 aromatic rings. The number of aliphatic hydroxyl groups is 1. The number of oxime groups is 1. The van der Waals surface area contributed by atoms with Crippen LogP contribution in [0, 0.1) is 16.7 Å². The molecule has 0 amide bonds. The van der Waals surface area contributed by atoms with Gasteiger partial charge in [-0.1, -0.05) is 109 Å². The molecular weight excluding hydrogens is 743 g/mol. The zero-order valence-electron chi connectivity index (χ0n) is 34.6. The minimum absolute atomic E-state index is 0.00956. The lowest BCUT2D eigenvalue weighted by Gasteiger charge is -2.33. The zero-order valence-corrected chi connectivity index (χ0v) is 34.6. The summed E-state index contributed by atoms with van der Waals surface area (Å²) in [6, 6.07) is 36.7. The second-order valence-corrected chi connectivity index (χ2v) is 16.2. The second-order valence-electron chi connectivity index (χ2n) is 16.2. The van der Waals surface area contributed by atoms with E-state index in [4.69, 9.17) is 19.0 Å². The van der Waals surface area contributed by atoms with Crippen LogP contribution in [0.4, 0.5) is 0 Å². The van der Waals surface area contributed by atoms with E-state index in [0.717, 1.165) is 54.2 Å². The van der Waals surface area contributed by atoms with Crippen molar-refractivity contribution < 1.29 is 38.5 Å². The van der Waals surface area contributed by atoms with Gasteiger partial charge in [-0.25, -0.2) is 0 Å². The Morgan fingerprint density at radius 3 is 1.73 bits per heavy atom. The van der Waals surface area contributed by atoms with Crippen LogP contribution in [0.25, 0.3) is 43.1 Å². The summed E-state index contributed by atoms with van der Waals surface area (Å²) < 4.78 is 17.5. The fourth-order valence-electron chi connectivity index (χ4n) is 7.75. The quantitative estimate of drug-likeness (QED) is 0.0202. The molecule has 59 heavy (non-hydrogen) atoms. The number of hydrogen-bond donors (Lipinski definition) is 1. The molecule has 9 nitrogen and oxygen atoms in total. The van der Waals surface area contributed by atoms with E-state index >= 15 is 0 Å². The van der Waals surface area contributed by atoms with Gasteiger partial charge in [0.05, 0.1) is 36.2 Å². The van der Waals surface area contributed by atoms with Crippen LogP contribution >= 0.6 is 0 Å². The SMILES string of the molecule is CCC(C)(CC(CC(C)(C)C(=O)OCCCON=Cc1c2ccccc2cc2ccccc12)C(=O)OCCCCO)C(=O)OCc1c2ccccc2cc2ccccc12. The topological polar surface area (TPSA) is 121 Å². The van der Waals surface area contributed by atoms with E-state index < -0.39 is 34.7 Å². The largest absolute Gasteiger partial charge is 0.465 e. The third-order valence-electron chi connectivity index (χ3n) is 11.3. The van der Waals surface area contributed by atoms with Crippen molar-refractivity contribution in [1.82, 2.24) is 0 Å². The van der Waals surface area contributed by atoms with Crippen LogP contribution in [-0.2, 0) is 40.0 Å². The molecule has 0 fully saturated rings. The van der Waals surface area contributed by atoms with E-state index in [-0.39, 0.29) is 45.9 Å². The fourth-order valence-corrected chi connectivity index (χ4v) is 7.75. The highest BCUT2D eigenvalue weighted by atomic mass is 16.6. The van der Waals surface area contributed by atoms with Crippen molar-refractivity contribution in [3.05, 3.63) is 120 Å². The van der Waals surface area contributed by atoms with Gasteiger partial charge in [0.2, 0.25) is 0 Å². The van der Waals surface area contributed by atoms with Crippen molar-refractivity contribution in [3.8, 4) is 0 Å². The minimum Gasteiger partial charge on any atom is -0.465 e. The molecule has 2 unspecified atom stereocenters. The summed E-state index contributed by atoms with van der Waals surface area (Å²) >= 11 is 0. The van der Waals surface area contributed by atoms with Gasteiger partial charge >= 0.3 is 17.9 Å². The number of benzene rings is 6. The lowest BCUT2D eigenvalue weighted by molar-refractivity contribution is -0.162. The number of carbonyl (C=O) groups excluding carboxylic acids is 3. The summed E-state index contributed by atoms with van der Waals surface area (Å²) in [6.45, 7) is 7.71. The number of hydrogen-bond acceptors (Lipinski definition) is 9. The molecule has 9 heteroatoms. The van der Waals surface area contributed by atoms with Crippen LogP contribution in [0.3, 0.4) is 0 Å². The van der Waals surface area contributed by atoms with Gasteiger partial charge in [0.25, 0.3) is 0 Å². The third kappa shape index (κ3) is 10.4. The Morgan fingerprint density at radius 2 is 1.17 bits per heavy atom. The predicted octanol–water partition coefficient (Wildman–Crippen LogP) is 10.5. The molecule has 308 valence electrons. The highest BCUT2D eigenvalue weighted by Gasteiger charge is 2.43. The first-order valence-corrected chi connectivity index (χ1v) is 20.6. The number of aliphatic hydroxyl groups excluding tert-OH is 1. The summed E-state index contributed by atoms with van der Waals surface area (Å²) in [6.07, 6.45) is 3.75. The molecule has 2 atom stereocenters. The van der Waals surface area contributed by atoms with Gasteiger partial charge < -0.3 is 24.2 Å². The van der Waals surface area contributed by atoms with Crippen molar-refractivity contribution in [2.24, 2.45) is 21.9 Å². The normalized spacial score (nSPS) is 13.4. The van der Waals surface area contributed by atoms with Crippen LogP contribution in [0.1, 0.15) is 77.3 Å². The van der Waals surface area contributed by atoms with Crippen molar-refractivity contribution >= 4 is 67.2 Å². The van der Waals surface area contributed by atoms with Crippen LogP contribution in [0.5, 0.6) is 0 Å². The number of fused-ring (bicyclic) bond motifs is 4. The Balaban J connectivity index is 1.07. The Bertz CT molecular complexity index is 2330. The summed E-state index contributed by atoms with van der Waals surface area (Å²) in [5.74, 6) is -2.19. The van der Waals surface area contributed by atoms with Crippen molar-refractivity contribution in [1.29, 1.82) is 0 Å². The van der Waals surface area contributed by atoms with Gasteiger partial charge in [0, 0.05) is 24.2 Å². The molecule has 0 saturated carbocycles. The van der Waals surface area contributed by atoms with Crippen molar-refractivity contribution in [2.45, 2.75) is 72.8 Å². The highest BCUT2D eigenvalue weighted by Crippen LogP contribution is 2.39. The number of rotatable bonds is 20. The van der Waals surface area contributed by atoms with E-state index in [9.17, 15) is 19.5 Å². The molecule has 0 aliphatic heterocycles. The van der Waals surface area contributed by atoms with E-state index in [1.54, 1.807) is 27.0 Å². The van der Waals surface area contributed by atoms with E-state index in [2.05, 4.69) is 41.6 Å². The van der Waals surface area contributed by atoms with Gasteiger partial charge in [0.1, 0.15) is 13.2 Å². The Morgan fingerprint density at radius 1 is 0.644 bits per heavy atom. The Labute approximate surface area is 346 Å². The van der Waals surface area contributed by atoms with Crippen molar-refractivity contribution in [3.63, 3.8) is 0 Å². The summed E-state index contributed by atoms with van der Waals surface area (Å²) in [7, 11) is 0. The number of nitrogens with zero attached hydrogens (tertiary/aromatic N) is 1. The number of ether oxygens (including phenoxy) is 3. The van der Waals surface area contributed by atoms with Crippen LogP contribution in [0.15, 0.2) is 114 Å². The summed E-state index contributed by atoms with van der Waals surface area (Å²) in [5, 5.41) is 22.0. The number of unbranched alkanes of at least 4 members (excludes halogenated alkanes) is 1. The standard InChI is InChI=1S/C50H55NO8/c1-5-50(4,48(55)58-34-45-42-23-12-8-19-37(42)30-38-20-9-13-24-43(38)45)32-39(46(53)56-26-15-14-25-52)31-49(2,3)47(54)57-27-16-28-59-51-33-44-40-21-10-6-17-35(40)29-36-18-7-11-22-41(36)44/h6-13,17-24,29-30,33,39,52H,5,14-16,25-28,31-32,34H2,1-4H3. The van der Waals surface area contributed by atoms with Gasteiger partial charge in [-0.15, -0.1) is 0 Å². The minimum atomic E-state index is -1.08. The first-order valence-electron chi connectivity index (χ1n) is 20.6. The maximum absolute atomic E-state index is 14.0. The van der Waals surface area contributed by atoms with Crippen LogP contribution in [-0.4, -0.2) is 55.7 Å². The molecule has 0 heterocycles. The molecule has 0 aromatic heterocycles. The maximum atomic E-state index is 14.0. The molecule has 1 N–H and O–H groups in total. The molecular formula is C50H55NO8. The van der Waals surface area contributed by atoms with Gasteiger partial charge in [-0.3, -0.25) is 14.4 Å². The average Bonchev–Trinajstić information content (AvgIpc) is 3.25. The lowest BCUT2D eigenvalue weighted by atomic mass is 9.73. The van der Waals surface area contributed by atoms with Crippen LogP contribution in [0.2, 0.25) is 0 Å². The van der Waals surface area contributed by atoms with Gasteiger partial charge in [0.15, 0.2) is 0 Å². The number of esters is 3. The first kappa shape index (κ1) is 42.8. The smallest absolute Gasteiger partial charge is 0.312 e. The third-order valence-corrected chi connectivity index (χ3v) is 11.3. The lowest BCUT2D eigenvalue weighted by Crippen LogP contribution is -2.38. The fraction of sp³-hybridized carbons (Fsp3) is 0.360.